The summed E-state index contributed by atoms with van der Waals surface area (Å²) in [6, 6.07) is 4.32. The number of aromatic nitrogens is 2. The van der Waals surface area contributed by atoms with Crippen LogP contribution in [0.15, 0.2) is 12.1 Å². The van der Waals surface area contributed by atoms with Gasteiger partial charge in [0.05, 0.1) is 18.7 Å². The molecule has 0 radical (unpaired) electrons. The Hall–Kier alpha value is -1.75. The van der Waals surface area contributed by atoms with Gasteiger partial charge in [-0.1, -0.05) is 0 Å². The van der Waals surface area contributed by atoms with Crippen LogP contribution in [-0.2, 0) is 0 Å². The normalized spacial score (nSPS) is 17.9. The molecule has 6 heteroatoms. The van der Waals surface area contributed by atoms with Crippen molar-refractivity contribution in [2.45, 2.75) is 25.3 Å². The Balaban J connectivity index is 1.87. The van der Waals surface area contributed by atoms with Gasteiger partial charge in [0.2, 0.25) is 5.28 Å². The molecule has 1 aromatic carbocycles. The van der Waals surface area contributed by atoms with Crippen LogP contribution in [0, 0.1) is 0 Å². The predicted octanol–water partition coefficient (Wildman–Crippen LogP) is 3.02. The Kier molecular flexibility index (Phi) is 2.80. The first-order chi connectivity index (χ1) is 9.79. The van der Waals surface area contributed by atoms with Crippen molar-refractivity contribution in [3.8, 4) is 11.5 Å². The molecule has 0 bridgehead atoms. The first kappa shape index (κ1) is 12.0. The molecule has 0 spiro atoms. The van der Waals surface area contributed by atoms with Crippen molar-refractivity contribution >= 4 is 28.3 Å². The molecule has 1 N–H and O–H groups in total. The van der Waals surface area contributed by atoms with Crippen molar-refractivity contribution in [3.05, 3.63) is 17.4 Å². The van der Waals surface area contributed by atoms with Crippen LogP contribution in [0.2, 0.25) is 5.28 Å². The van der Waals surface area contributed by atoms with Crippen LogP contribution in [-0.4, -0.2) is 29.2 Å². The van der Waals surface area contributed by atoms with Crippen LogP contribution < -0.4 is 14.8 Å². The Morgan fingerprint density at radius 2 is 1.85 bits per heavy atom. The van der Waals surface area contributed by atoms with E-state index in [2.05, 4.69) is 15.3 Å². The maximum atomic E-state index is 6.01. The lowest BCUT2D eigenvalue weighted by atomic mass is 10.2. The van der Waals surface area contributed by atoms with E-state index in [1.807, 2.05) is 12.1 Å². The highest BCUT2D eigenvalue weighted by atomic mass is 35.5. The van der Waals surface area contributed by atoms with E-state index in [0.717, 1.165) is 34.6 Å². The van der Waals surface area contributed by atoms with Crippen molar-refractivity contribution in [1.29, 1.82) is 0 Å². The molecule has 2 heterocycles. The fourth-order valence-electron chi connectivity index (χ4n) is 2.29. The average molecular weight is 292 g/mol. The summed E-state index contributed by atoms with van der Waals surface area (Å²) in [6.07, 6.45) is 3.23. The Labute approximate surface area is 121 Å². The van der Waals surface area contributed by atoms with Crippen LogP contribution in [0.4, 0.5) is 5.82 Å². The maximum Gasteiger partial charge on any atom is 0.224 e. The smallest absolute Gasteiger partial charge is 0.224 e. The lowest BCUT2D eigenvalue weighted by Gasteiger charge is -2.12. The first-order valence-electron chi connectivity index (χ1n) is 6.83. The number of anilines is 1. The SMILES string of the molecule is Clc1nc(NC2CC2)c2cc3c(cc2n1)OCCCO3. The number of benzene rings is 1. The summed E-state index contributed by atoms with van der Waals surface area (Å²) in [5.41, 5.74) is 0.775. The number of nitrogens with zero attached hydrogens (tertiary/aromatic N) is 2. The van der Waals surface area contributed by atoms with Crippen LogP contribution in [0.3, 0.4) is 0 Å². The zero-order valence-electron chi connectivity index (χ0n) is 10.9. The summed E-state index contributed by atoms with van der Waals surface area (Å²) >= 11 is 6.01. The van der Waals surface area contributed by atoms with Gasteiger partial charge in [-0.25, -0.2) is 9.97 Å². The lowest BCUT2D eigenvalue weighted by Crippen LogP contribution is -2.05. The Morgan fingerprint density at radius 3 is 2.60 bits per heavy atom. The summed E-state index contributed by atoms with van der Waals surface area (Å²) in [6.45, 7) is 1.32. The van der Waals surface area contributed by atoms with E-state index in [4.69, 9.17) is 21.1 Å². The molecule has 1 aromatic heterocycles. The molecule has 2 aromatic rings. The predicted molar refractivity (Wildman–Crippen MR) is 76.8 cm³/mol. The topological polar surface area (TPSA) is 56.3 Å². The van der Waals surface area contributed by atoms with Gasteiger partial charge in [0.1, 0.15) is 5.82 Å². The molecule has 1 saturated carbocycles. The average Bonchev–Trinajstić information content (AvgIpc) is 3.23. The van der Waals surface area contributed by atoms with Crippen molar-refractivity contribution in [2.24, 2.45) is 0 Å². The van der Waals surface area contributed by atoms with E-state index < -0.39 is 0 Å². The third-order valence-electron chi connectivity index (χ3n) is 3.46. The molecule has 0 unspecified atom stereocenters. The van der Waals surface area contributed by atoms with Crippen molar-refractivity contribution < 1.29 is 9.47 Å². The molecule has 104 valence electrons. The molecule has 5 nitrogen and oxygen atoms in total. The third-order valence-corrected chi connectivity index (χ3v) is 3.62. The summed E-state index contributed by atoms with van der Waals surface area (Å²) < 4.78 is 11.4. The van der Waals surface area contributed by atoms with Crippen LogP contribution in [0.1, 0.15) is 19.3 Å². The molecule has 0 amide bonds. The minimum absolute atomic E-state index is 0.246. The molecule has 0 saturated heterocycles. The van der Waals surface area contributed by atoms with Crippen LogP contribution in [0.5, 0.6) is 11.5 Å². The van der Waals surface area contributed by atoms with E-state index in [1.165, 1.54) is 12.8 Å². The largest absolute Gasteiger partial charge is 0.490 e. The van der Waals surface area contributed by atoms with Gasteiger partial charge in [0.15, 0.2) is 11.5 Å². The number of hydrogen-bond donors (Lipinski definition) is 1. The second-order valence-electron chi connectivity index (χ2n) is 5.13. The van der Waals surface area contributed by atoms with Gasteiger partial charge in [-0.15, -0.1) is 0 Å². The molecular formula is C14H14ClN3O2. The van der Waals surface area contributed by atoms with Crippen molar-refractivity contribution in [1.82, 2.24) is 9.97 Å². The maximum absolute atomic E-state index is 6.01. The molecule has 1 aliphatic heterocycles. The number of hydrogen-bond acceptors (Lipinski definition) is 5. The molecule has 1 aliphatic carbocycles. The number of ether oxygens (including phenoxy) is 2. The zero-order valence-corrected chi connectivity index (χ0v) is 11.6. The van der Waals surface area contributed by atoms with Gasteiger partial charge in [0, 0.05) is 23.9 Å². The monoisotopic (exact) mass is 291 g/mol. The van der Waals surface area contributed by atoms with Gasteiger partial charge in [-0.2, -0.15) is 0 Å². The van der Waals surface area contributed by atoms with E-state index in [-0.39, 0.29) is 5.28 Å². The van der Waals surface area contributed by atoms with E-state index in [1.54, 1.807) is 0 Å². The minimum Gasteiger partial charge on any atom is -0.490 e. The number of rotatable bonds is 2. The lowest BCUT2D eigenvalue weighted by molar-refractivity contribution is 0.297. The fraction of sp³-hybridized carbons (Fsp3) is 0.429. The van der Waals surface area contributed by atoms with Crippen LogP contribution in [0.25, 0.3) is 10.9 Å². The molecule has 4 rings (SSSR count). The number of halogens is 1. The van der Waals surface area contributed by atoms with Gasteiger partial charge in [-0.3, -0.25) is 0 Å². The van der Waals surface area contributed by atoms with Gasteiger partial charge >= 0.3 is 0 Å². The first-order valence-corrected chi connectivity index (χ1v) is 7.21. The summed E-state index contributed by atoms with van der Waals surface area (Å²) in [4.78, 5) is 8.58. The Bertz CT molecular complexity index is 673. The number of nitrogens with one attached hydrogen (secondary N) is 1. The zero-order chi connectivity index (χ0) is 13.5. The second kappa shape index (κ2) is 4.66. The van der Waals surface area contributed by atoms with E-state index in [9.17, 15) is 0 Å². The van der Waals surface area contributed by atoms with E-state index >= 15 is 0 Å². The summed E-state index contributed by atoms with van der Waals surface area (Å²) in [7, 11) is 0. The highest BCUT2D eigenvalue weighted by Crippen LogP contribution is 2.37. The van der Waals surface area contributed by atoms with Crippen LogP contribution >= 0.6 is 11.6 Å². The quantitative estimate of drug-likeness (QED) is 0.862. The fourth-order valence-corrected chi connectivity index (χ4v) is 2.46. The minimum atomic E-state index is 0.246. The highest BCUT2D eigenvalue weighted by molar-refractivity contribution is 6.28. The molecular weight excluding hydrogens is 278 g/mol. The molecule has 2 aliphatic rings. The molecule has 20 heavy (non-hydrogen) atoms. The second-order valence-corrected chi connectivity index (χ2v) is 5.46. The standard InChI is InChI=1S/C14H14ClN3O2/c15-14-17-10-7-12-11(19-4-1-5-20-12)6-9(10)13(18-14)16-8-2-3-8/h6-8H,1-5H2,(H,16,17,18). The Morgan fingerprint density at radius 1 is 1.10 bits per heavy atom. The van der Waals surface area contributed by atoms with Gasteiger partial charge < -0.3 is 14.8 Å². The highest BCUT2D eigenvalue weighted by Gasteiger charge is 2.23. The summed E-state index contributed by atoms with van der Waals surface area (Å²) in [5.74, 6) is 2.25. The van der Waals surface area contributed by atoms with Gasteiger partial charge in [0.25, 0.3) is 0 Å². The van der Waals surface area contributed by atoms with Gasteiger partial charge in [-0.05, 0) is 30.5 Å². The van der Waals surface area contributed by atoms with Crippen molar-refractivity contribution in [3.63, 3.8) is 0 Å². The number of fused-ring (bicyclic) bond motifs is 2. The van der Waals surface area contributed by atoms with Crippen molar-refractivity contribution in [2.75, 3.05) is 18.5 Å². The van der Waals surface area contributed by atoms with E-state index in [0.29, 0.717) is 19.3 Å². The molecule has 0 atom stereocenters. The summed E-state index contributed by atoms with van der Waals surface area (Å²) in [5, 5.41) is 4.56. The molecule has 1 fully saturated rings. The third kappa shape index (κ3) is 2.22.